The molecule has 0 saturated carbocycles. The summed E-state index contributed by atoms with van der Waals surface area (Å²) in [5, 5.41) is 5.62. The number of ether oxygens (including phenoxy) is 3. The molecule has 0 atom stereocenters. The van der Waals surface area contributed by atoms with Crippen molar-refractivity contribution < 1.29 is 19.0 Å². The predicted octanol–water partition coefficient (Wildman–Crippen LogP) is 6.09. The molecule has 0 aromatic heterocycles. The molecule has 7 heteroatoms. The molecule has 4 aromatic carbocycles. The third-order valence-corrected chi connectivity index (χ3v) is 6.30. The van der Waals surface area contributed by atoms with Gasteiger partial charge in [-0.05, 0) is 78.0 Å². The number of hydrogen-bond acceptors (Lipinski definition) is 5. The average Bonchev–Trinajstić information content (AvgIpc) is 3.20. The standard InChI is InChI=1S/C30H26N2O4S/c1-3-35-28-11-7-6-10-26(28)32-29(33)25(31-30(32)37)17-20-12-15-27(34-2)23(16-20)19-36-24-14-13-21-8-4-5-9-22(21)18-24/h4-18H,3,19H2,1-2H3,(H,31,37)/b25-17+. The molecule has 1 saturated heterocycles. The summed E-state index contributed by atoms with van der Waals surface area (Å²) in [6, 6.07) is 27.2. The van der Waals surface area contributed by atoms with Crippen molar-refractivity contribution in [1.29, 1.82) is 0 Å². The van der Waals surface area contributed by atoms with Crippen molar-refractivity contribution in [2.24, 2.45) is 0 Å². The van der Waals surface area contributed by atoms with Crippen LogP contribution in [0.1, 0.15) is 18.1 Å². The summed E-state index contributed by atoms with van der Waals surface area (Å²) >= 11 is 5.49. The van der Waals surface area contributed by atoms with E-state index in [9.17, 15) is 4.79 Å². The first kappa shape index (κ1) is 24.3. The van der Waals surface area contributed by atoms with Crippen molar-refractivity contribution in [2.45, 2.75) is 13.5 Å². The van der Waals surface area contributed by atoms with Crippen LogP contribution in [-0.2, 0) is 11.4 Å². The lowest BCUT2D eigenvalue weighted by atomic mass is 10.1. The normalized spacial score (nSPS) is 14.2. The lowest BCUT2D eigenvalue weighted by molar-refractivity contribution is -0.113. The number of para-hydroxylation sites is 2. The molecule has 0 spiro atoms. The Kier molecular flexibility index (Phi) is 7.05. The number of nitrogens with one attached hydrogen (secondary N) is 1. The minimum atomic E-state index is -0.248. The van der Waals surface area contributed by atoms with E-state index < -0.39 is 0 Å². The number of carbonyl (C=O) groups is 1. The number of fused-ring (bicyclic) bond motifs is 1. The maximum Gasteiger partial charge on any atom is 0.281 e. The number of carbonyl (C=O) groups excluding carboxylic acids is 1. The summed E-state index contributed by atoms with van der Waals surface area (Å²) in [6.07, 6.45) is 1.77. The topological polar surface area (TPSA) is 60.0 Å². The van der Waals surface area contributed by atoms with E-state index in [0.717, 1.165) is 27.6 Å². The van der Waals surface area contributed by atoms with E-state index in [4.69, 9.17) is 26.4 Å². The molecule has 1 heterocycles. The van der Waals surface area contributed by atoms with Gasteiger partial charge in [0.2, 0.25) is 0 Å². The second-order valence-electron chi connectivity index (χ2n) is 8.40. The fourth-order valence-electron chi connectivity index (χ4n) is 4.26. The minimum absolute atomic E-state index is 0.248. The van der Waals surface area contributed by atoms with Crippen LogP contribution < -0.4 is 24.4 Å². The van der Waals surface area contributed by atoms with Gasteiger partial charge in [-0.25, -0.2) is 4.90 Å². The zero-order valence-electron chi connectivity index (χ0n) is 20.6. The average molecular weight is 511 g/mol. The molecule has 0 unspecified atom stereocenters. The Bertz CT molecular complexity index is 1510. The largest absolute Gasteiger partial charge is 0.496 e. The Labute approximate surface area is 221 Å². The lowest BCUT2D eigenvalue weighted by Gasteiger charge is -2.18. The van der Waals surface area contributed by atoms with Gasteiger partial charge in [-0.3, -0.25) is 4.79 Å². The second kappa shape index (κ2) is 10.7. The van der Waals surface area contributed by atoms with Crippen LogP contribution in [0.4, 0.5) is 5.69 Å². The van der Waals surface area contributed by atoms with E-state index in [-0.39, 0.29) is 5.91 Å². The summed E-state index contributed by atoms with van der Waals surface area (Å²) in [4.78, 5) is 14.8. The Morgan fingerprint density at radius 3 is 2.49 bits per heavy atom. The van der Waals surface area contributed by atoms with Crippen LogP contribution in [0.15, 0.2) is 90.6 Å². The van der Waals surface area contributed by atoms with E-state index in [1.54, 1.807) is 13.2 Å². The monoisotopic (exact) mass is 510 g/mol. The van der Waals surface area contributed by atoms with Gasteiger partial charge >= 0.3 is 0 Å². The molecular formula is C30H26N2O4S. The van der Waals surface area contributed by atoms with Crippen LogP contribution >= 0.6 is 12.2 Å². The van der Waals surface area contributed by atoms with Crippen molar-refractivity contribution in [3.05, 3.63) is 102 Å². The Hall–Kier alpha value is -4.36. The molecule has 0 aliphatic carbocycles. The third kappa shape index (κ3) is 5.13. The molecule has 186 valence electrons. The second-order valence-corrected chi connectivity index (χ2v) is 8.79. The molecule has 0 bridgehead atoms. The molecule has 4 aromatic rings. The highest BCUT2D eigenvalue weighted by molar-refractivity contribution is 7.80. The molecule has 5 rings (SSSR count). The molecule has 1 fully saturated rings. The molecule has 6 nitrogen and oxygen atoms in total. The molecule has 1 amide bonds. The molecule has 1 N–H and O–H groups in total. The number of amides is 1. The third-order valence-electron chi connectivity index (χ3n) is 6.01. The predicted molar refractivity (Wildman–Crippen MR) is 150 cm³/mol. The smallest absolute Gasteiger partial charge is 0.281 e. The number of nitrogens with zero attached hydrogens (tertiary/aromatic N) is 1. The van der Waals surface area contributed by atoms with Crippen LogP contribution in [-0.4, -0.2) is 24.7 Å². The summed E-state index contributed by atoms with van der Waals surface area (Å²) in [7, 11) is 1.63. The number of thiocarbonyl (C=S) groups is 1. The maximum absolute atomic E-state index is 13.3. The zero-order valence-corrected chi connectivity index (χ0v) is 21.4. The quantitative estimate of drug-likeness (QED) is 0.229. The van der Waals surface area contributed by atoms with Crippen LogP contribution in [0.5, 0.6) is 17.2 Å². The zero-order chi connectivity index (χ0) is 25.8. The fourth-order valence-corrected chi connectivity index (χ4v) is 4.55. The Balaban J connectivity index is 1.38. The maximum atomic E-state index is 13.3. The highest BCUT2D eigenvalue weighted by Gasteiger charge is 2.33. The van der Waals surface area contributed by atoms with Crippen LogP contribution in [0.2, 0.25) is 0 Å². The van der Waals surface area contributed by atoms with Gasteiger partial charge in [0.25, 0.3) is 5.91 Å². The first-order valence-corrected chi connectivity index (χ1v) is 12.4. The van der Waals surface area contributed by atoms with E-state index in [2.05, 4.69) is 17.4 Å². The van der Waals surface area contributed by atoms with E-state index >= 15 is 0 Å². The van der Waals surface area contributed by atoms with Crippen molar-refractivity contribution in [2.75, 3.05) is 18.6 Å². The Morgan fingerprint density at radius 1 is 0.892 bits per heavy atom. The summed E-state index contributed by atoms with van der Waals surface area (Å²) in [6.45, 7) is 2.69. The SMILES string of the molecule is CCOc1ccccc1N1C(=O)/C(=C\c2ccc(OC)c(COc3ccc4ccccc4c3)c2)NC1=S. The molecule has 0 radical (unpaired) electrons. The van der Waals surface area contributed by atoms with Gasteiger partial charge < -0.3 is 19.5 Å². The van der Waals surface area contributed by atoms with Crippen molar-refractivity contribution in [3.63, 3.8) is 0 Å². The lowest BCUT2D eigenvalue weighted by Crippen LogP contribution is -2.30. The van der Waals surface area contributed by atoms with Gasteiger partial charge in [0.05, 0.1) is 19.4 Å². The van der Waals surface area contributed by atoms with Gasteiger partial charge in [0, 0.05) is 5.56 Å². The Morgan fingerprint density at radius 2 is 1.68 bits per heavy atom. The minimum Gasteiger partial charge on any atom is -0.496 e. The van der Waals surface area contributed by atoms with Crippen LogP contribution in [0, 0.1) is 0 Å². The van der Waals surface area contributed by atoms with E-state index in [0.29, 0.717) is 41.2 Å². The van der Waals surface area contributed by atoms with Crippen LogP contribution in [0.3, 0.4) is 0 Å². The number of rotatable bonds is 8. The number of hydrogen-bond donors (Lipinski definition) is 1. The first-order chi connectivity index (χ1) is 18.1. The van der Waals surface area contributed by atoms with Gasteiger partial charge in [-0.15, -0.1) is 0 Å². The summed E-state index contributed by atoms with van der Waals surface area (Å²) < 4.78 is 17.3. The molecular weight excluding hydrogens is 484 g/mol. The number of anilines is 1. The number of methoxy groups -OCH3 is 1. The van der Waals surface area contributed by atoms with Crippen molar-refractivity contribution in [1.82, 2.24) is 5.32 Å². The summed E-state index contributed by atoms with van der Waals surface area (Å²) in [5.74, 6) is 1.82. The van der Waals surface area contributed by atoms with Gasteiger partial charge in [0.15, 0.2) is 5.11 Å². The fraction of sp³-hybridized carbons (Fsp3) is 0.133. The van der Waals surface area contributed by atoms with Gasteiger partial charge in [-0.1, -0.05) is 48.5 Å². The van der Waals surface area contributed by atoms with Crippen LogP contribution in [0.25, 0.3) is 16.8 Å². The van der Waals surface area contributed by atoms with Crippen molar-refractivity contribution in [3.8, 4) is 17.2 Å². The molecule has 37 heavy (non-hydrogen) atoms. The highest BCUT2D eigenvalue weighted by Crippen LogP contribution is 2.32. The summed E-state index contributed by atoms with van der Waals surface area (Å²) in [5.41, 5.74) is 2.66. The van der Waals surface area contributed by atoms with Gasteiger partial charge in [-0.2, -0.15) is 0 Å². The molecule has 1 aliphatic heterocycles. The number of benzene rings is 4. The van der Waals surface area contributed by atoms with Gasteiger partial charge in [0.1, 0.15) is 29.6 Å². The van der Waals surface area contributed by atoms with Crippen molar-refractivity contribution >= 4 is 45.8 Å². The molecule has 1 aliphatic rings. The van der Waals surface area contributed by atoms with E-state index in [1.807, 2.05) is 79.7 Å². The first-order valence-electron chi connectivity index (χ1n) is 11.9. The highest BCUT2D eigenvalue weighted by atomic mass is 32.1. The van der Waals surface area contributed by atoms with E-state index in [1.165, 1.54) is 4.90 Å².